The Bertz CT molecular complexity index is 423. The summed E-state index contributed by atoms with van der Waals surface area (Å²) < 4.78 is 0. The second kappa shape index (κ2) is 5.82. The predicted octanol–water partition coefficient (Wildman–Crippen LogP) is 2.82. The Morgan fingerprint density at radius 1 is 1.30 bits per heavy atom. The molecule has 0 aromatic carbocycles. The molecule has 0 bridgehead atoms. The van der Waals surface area contributed by atoms with E-state index in [1.807, 2.05) is 12.4 Å². The van der Waals surface area contributed by atoms with Crippen molar-refractivity contribution in [3.8, 4) is 0 Å². The number of piperazine rings is 1. The van der Waals surface area contributed by atoms with Crippen LogP contribution >= 0.6 is 0 Å². The Morgan fingerprint density at radius 2 is 2.00 bits per heavy atom. The summed E-state index contributed by atoms with van der Waals surface area (Å²) in [5.41, 5.74) is 1.79. The molecule has 1 saturated heterocycles. The Morgan fingerprint density at radius 3 is 2.65 bits per heavy atom. The van der Waals surface area contributed by atoms with Crippen molar-refractivity contribution >= 4 is 0 Å². The van der Waals surface area contributed by atoms with Crippen LogP contribution in [0.1, 0.15) is 45.1 Å². The van der Waals surface area contributed by atoms with E-state index in [9.17, 15) is 0 Å². The summed E-state index contributed by atoms with van der Waals surface area (Å²) in [7, 11) is 0. The Kier molecular flexibility index (Phi) is 4.08. The SMILES string of the molecule is CC(C)C1CNC2(CCCC2)CN1Cc1ccncc1. The minimum absolute atomic E-state index is 0.401. The molecule has 1 spiro atoms. The van der Waals surface area contributed by atoms with E-state index in [4.69, 9.17) is 0 Å². The van der Waals surface area contributed by atoms with Gasteiger partial charge in [-0.05, 0) is 36.5 Å². The lowest BCUT2D eigenvalue weighted by molar-refractivity contribution is 0.0507. The zero-order valence-corrected chi connectivity index (χ0v) is 12.8. The summed E-state index contributed by atoms with van der Waals surface area (Å²) in [5, 5.41) is 3.89. The van der Waals surface area contributed by atoms with Crippen molar-refractivity contribution in [1.82, 2.24) is 15.2 Å². The fourth-order valence-electron chi connectivity index (χ4n) is 3.95. The molecule has 20 heavy (non-hydrogen) atoms. The first-order valence-electron chi connectivity index (χ1n) is 8.07. The Balaban J connectivity index is 1.75. The molecule has 2 aliphatic rings. The number of pyridine rings is 1. The monoisotopic (exact) mass is 273 g/mol. The zero-order valence-electron chi connectivity index (χ0n) is 12.8. The summed E-state index contributed by atoms with van der Waals surface area (Å²) >= 11 is 0. The average Bonchev–Trinajstić information content (AvgIpc) is 2.88. The first kappa shape index (κ1) is 14.0. The summed E-state index contributed by atoms with van der Waals surface area (Å²) in [6.45, 7) is 8.10. The highest BCUT2D eigenvalue weighted by Gasteiger charge is 2.41. The summed E-state index contributed by atoms with van der Waals surface area (Å²) in [6.07, 6.45) is 9.31. The van der Waals surface area contributed by atoms with Gasteiger partial charge in [0.1, 0.15) is 0 Å². The molecule has 3 nitrogen and oxygen atoms in total. The van der Waals surface area contributed by atoms with Crippen LogP contribution in [0.3, 0.4) is 0 Å². The van der Waals surface area contributed by atoms with Crippen LogP contribution in [0.15, 0.2) is 24.5 Å². The molecule has 1 aliphatic carbocycles. The van der Waals surface area contributed by atoms with Gasteiger partial charge in [-0.25, -0.2) is 0 Å². The summed E-state index contributed by atoms with van der Waals surface area (Å²) in [5.74, 6) is 0.697. The van der Waals surface area contributed by atoms with Crippen molar-refractivity contribution in [2.24, 2.45) is 5.92 Å². The van der Waals surface area contributed by atoms with Crippen LogP contribution in [0, 0.1) is 5.92 Å². The third-order valence-corrected chi connectivity index (χ3v) is 5.13. The number of rotatable bonds is 3. The molecule has 1 N–H and O–H groups in total. The van der Waals surface area contributed by atoms with Gasteiger partial charge in [-0.1, -0.05) is 26.7 Å². The van der Waals surface area contributed by atoms with Crippen LogP contribution < -0.4 is 5.32 Å². The topological polar surface area (TPSA) is 28.2 Å². The van der Waals surface area contributed by atoms with Gasteiger partial charge in [-0.15, -0.1) is 0 Å². The molecule has 1 saturated carbocycles. The Hall–Kier alpha value is -0.930. The summed E-state index contributed by atoms with van der Waals surface area (Å²) in [4.78, 5) is 6.84. The molecule has 2 fully saturated rings. The fourth-order valence-corrected chi connectivity index (χ4v) is 3.95. The molecule has 1 aliphatic heterocycles. The van der Waals surface area contributed by atoms with E-state index in [1.54, 1.807) is 0 Å². The minimum Gasteiger partial charge on any atom is -0.308 e. The highest BCUT2D eigenvalue weighted by Crippen LogP contribution is 2.34. The predicted molar refractivity (Wildman–Crippen MR) is 82.5 cm³/mol. The van der Waals surface area contributed by atoms with Crippen LogP contribution in [-0.2, 0) is 6.54 Å². The Labute approximate surface area is 122 Å². The number of hydrogen-bond donors (Lipinski definition) is 1. The van der Waals surface area contributed by atoms with Gasteiger partial charge >= 0.3 is 0 Å². The quantitative estimate of drug-likeness (QED) is 0.918. The molecule has 1 aromatic heterocycles. The molecule has 0 amide bonds. The third-order valence-electron chi connectivity index (χ3n) is 5.13. The lowest BCUT2D eigenvalue weighted by Gasteiger charge is -2.48. The van der Waals surface area contributed by atoms with E-state index in [2.05, 4.69) is 41.2 Å². The van der Waals surface area contributed by atoms with Crippen molar-refractivity contribution in [3.63, 3.8) is 0 Å². The van der Waals surface area contributed by atoms with E-state index in [0.717, 1.165) is 13.1 Å². The first-order chi connectivity index (χ1) is 9.69. The lowest BCUT2D eigenvalue weighted by Crippen LogP contribution is -2.63. The van der Waals surface area contributed by atoms with Gasteiger partial charge < -0.3 is 5.32 Å². The van der Waals surface area contributed by atoms with Gasteiger partial charge in [0.25, 0.3) is 0 Å². The normalized spacial score (nSPS) is 26.4. The first-order valence-corrected chi connectivity index (χ1v) is 8.07. The van der Waals surface area contributed by atoms with Crippen molar-refractivity contribution in [3.05, 3.63) is 30.1 Å². The van der Waals surface area contributed by atoms with Gasteiger partial charge in [0.05, 0.1) is 0 Å². The van der Waals surface area contributed by atoms with Crippen molar-refractivity contribution in [2.75, 3.05) is 13.1 Å². The number of nitrogens with zero attached hydrogens (tertiary/aromatic N) is 2. The molecular weight excluding hydrogens is 246 g/mol. The van der Waals surface area contributed by atoms with Crippen molar-refractivity contribution in [1.29, 1.82) is 0 Å². The second-order valence-electron chi connectivity index (χ2n) is 6.94. The van der Waals surface area contributed by atoms with Crippen LogP contribution in [0.2, 0.25) is 0 Å². The minimum atomic E-state index is 0.401. The van der Waals surface area contributed by atoms with Crippen molar-refractivity contribution < 1.29 is 0 Å². The van der Waals surface area contributed by atoms with Gasteiger partial charge in [0.2, 0.25) is 0 Å². The van der Waals surface area contributed by atoms with Crippen LogP contribution in [-0.4, -0.2) is 34.6 Å². The maximum atomic E-state index is 4.13. The van der Waals surface area contributed by atoms with E-state index < -0.39 is 0 Å². The number of aromatic nitrogens is 1. The molecule has 1 aromatic rings. The maximum Gasteiger partial charge on any atom is 0.0309 e. The van der Waals surface area contributed by atoms with E-state index in [1.165, 1.54) is 37.8 Å². The van der Waals surface area contributed by atoms with Crippen LogP contribution in [0.4, 0.5) is 0 Å². The van der Waals surface area contributed by atoms with E-state index in [0.29, 0.717) is 17.5 Å². The average molecular weight is 273 g/mol. The number of nitrogens with one attached hydrogen (secondary N) is 1. The molecule has 1 unspecified atom stereocenters. The lowest BCUT2D eigenvalue weighted by atomic mass is 9.89. The van der Waals surface area contributed by atoms with Gasteiger partial charge in [-0.3, -0.25) is 9.88 Å². The highest BCUT2D eigenvalue weighted by atomic mass is 15.3. The van der Waals surface area contributed by atoms with Crippen LogP contribution in [0.25, 0.3) is 0 Å². The molecule has 1 atom stereocenters. The fraction of sp³-hybridized carbons (Fsp3) is 0.706. The largest absolute Gasteiger partial charge is 0.308 e. The molecule has 2 heterocycles. The molecule has 0 radical (unpaired) electrons. The highest BCUT2D eigenvalue weighted by molar-refractivity contribution is 5.11. The van der Waals surface area contributed by atoms with Gasteiger partial charge in [0, 0.05) is 43.6 Å². The van der Waals surface area contributed by atoms with Crippen LogP contribution in [0.5, 0.6) is 0 Å². The second-order valence-corrected chi connectivity index (χ2v) is 6.94. The third kappa shape index (κ3) is 2.89. The summed E-state index contributed by atoms with van der Waals surface area (Å²) in [6, 6.07) is 4.95. The van der Waals surface area contributed by atoms with Gasteiger partial charge in [0.15, 0.2) is 0 Å². The number of hydrogen-bond acceptors (Lipinski definition) is 3. The van der Waals surface area contributed by atoms with E-state index in [-0.39, 0.29) is 0 Å². The van der Waals surface area contributed by atoms with Gasteiger partial charge in [-0.2, -0.15) is 0 Å². The van der Waals surface area contributed by atoms with E-state index >= 15 is 0 Å². The smallest absolute Gasteiger partial charge is 0.0309 e. The molecule has 110 valence electrons. The zero-order chi connectivity index (χ0) is 14.0. The molecule has 3 rings (SSSR count). The van der Waals surface area contributed by atoms with Crippen molar-refractivity contribution in [2.45, 2.75) is 57.7 Å². The maximum absolute atomic E-state index is 4.13. The molecular formula is C17H27N3. The standard InChI is InChI=1S/C17H27N3/c1-14(2)16-11-19-17(7-3-4-8-17)13-20(16)12-15-5-9-18-10-6-15/h5-6,9-10,14,16,19H,3-4,7-8,11-13H2,1-2H3. The molecule has 3 heteroatoms.